The van der Waals surface area contributed by atoms with Crippen LogP contribution in [0.1, 0.15) is 32.6 Å². The first-order valence-corrected chi connectivity index (χ1v) is 8.22. The number of carbonyl (C=O) groups is 1. The third-order valence-corrected chi connectivity index (χ3v) is 4.79. The van der Waals surface area contributed by atoms with Gasteiger partial charge in [0.2, 0.25) is 5.91 Å². The fourth-order valence-electron chi connectivity index (χ4n) is 2.51. The standard InChI is InChI=1S/C16H23NO2S/c1-12-6-8-13(9-7-12)17-16(18)11-20-15-5-3-4-14(10-15)19-2/h3-5,10,12-13H,6-9,11H2,1-2H3,(H,17,18). The molecular formula is C16H23NO2S. The highest BCUT2D eigenvalue weighted by Crippen LogP contribution is 2.25. The first-order valence-electron chi connectivity index (χ1n) is 7.23. The van der Waals surface area contributed by atoms with E-state index in [0.29, 0.717) is 11.8 Å². The number of carbonyl (C=O) groups excluding carboxylic acids is 1. The number of hydrogen-bond acceptors (Lipinski definition) is 3. The van der Waals surface area contributed by atoms with Gasteiger partial charge in [0, 0.05) is 10.9 Å². The molecule has 110 valence electrons. The van der Waals surface area contributed by atoms with Crippen molar-refractivity contribution in [3.8, 4) is 5.75 Å². The summed E-state index contributed by atoms with van der Waals surface area (Å²) in [7, 11) is 1.65. The molecule has 1 N–H and O–H groups in total. The second-order valence-corrected chi connectivity index (χ2v) is 6.54. The molecule has 0 atom stereocenters. The zero-order chi connectivity index (χ0) is 14.4. The van der Waals surface area contributed by atoms with Gasteiger partial charge in [-0.25, -0.2) is 0 Å². The minimum Gasteiger partial charge on any atom is -0.497 e. The maximum atomic E-state index is 12.0. The minimum atomic E-state index is 0.136. The molecule has 0 bridgehead atoms. The molecule has 0 heterocycles. The van der Waals surface area contributed by atoms with Gasteiger partial charge in [-0.2, -0.15) is 0 Å². The number of nitrogens with one attached hydrogen (secondary N) is 1. The SMILES string of the molecule is COc1cccc(SCC(=O)NC2CCC(C)CC2)c1. The second-order valence-electron chi connectivity index (χ2n) is 5.49. The van der Waals surface area contributed by atoms with Crippen LogP contribution in [-0.4, -0.2) is 24.8 Å². The molecule has 2 rings (SSSR count). The summed E-state index contributed by atoms with van der Waals surface area (Å²) >= 11 is 1.56. The fraction of sp³-hybridized carbons (Fsp3) is 0.562. The van der Waals surface area contributed by atoms with E-state index in [-0.39, 0.29) is 5.91 Å². The van der Waals surface area contributed by atoms with Gasteiger partial charge in [0.05, 0.1) is 12.9 Å². The molecule has 0 unspecified atom stereocenters. The lowest BCUT2D eigenvalue weighted by molar-refractivity contribution is -0.119. The average molecular weight is 293 g/mol. The van der Waals surface area contributed by atoms with E-state index >= 15 is 0 Å². The van der Waals surface area contributed by atoms with Gasteiger partial charge in [-0.05, 0) is 49.8 Å². The Morgan fingerprint density at radius 1 is 1.35 bits per heavy atom. The maximum Gasteiger partial charge on any atom is 0.230 e. The third-order valence-electron chi connectivity index (χ3n) is 3.79. The lowest BCUT2D eigenvalue weighted by Crippen LogP contribution is -2.38. The van der Waals surface area contributed by atoms with E-state index in [4.69, 9.17) is 4.74 Å². The summed E-state index contributed by atoms with van der Waals surface area (Å²) in [6, 6.07) is 8.20. The molecule has 1 fully saturated rings. The number of benzene rings is 1. The largest absolute Gasteiger partial charge is 0.497 e. The Hall–Kier alpha value is -1.16. The Morgan fingerprint density at radius 3 is 2.80 bits per heavy atom. The van der Waals surface area contributed by atoms with E-state index in [9.17, 15) is 4.79 Å². The summed E-state index contributed by atoms with van der Waals surface area (Å²) in [5, 5.41) is 3.15. The van der Waals surface area contributed by atoms with Crippen LogP contribution >= 0.6 is 11.8 Å². The monoisotopic (exact) mass is 293 g/mol. The highest BCUT2D eigenvalue weighted by Gasteiger charge is 2.19. The molecular weight excluding hydrogens is 270 g/mol. The molecule has 1 amide bonds. The quantitative estimate of drug-likeness (QED) is 0.845. The van der Waals surface area contributed by atoms with Crippen molar-refractivity contribution < 1.29 is 9.53 Å². The summed E-state index contributed by atoms with van der Waals surface area (Å²) in [5.41, 5.74) is 0. The van der Waals surface area contributed by atoms with Crippen LogP contribution < -0.4 is 10.1 Å². The number of rotatable bonds is 5. The zero-order valence-corrected chi connectivity index (χ0v) is 13.0. The predicted octanol–water partition coefficient (Wildman–Crippen LogP) is 3.48. The van der Waals surface area contributed by atoms with Gasteiger partial charge in [0.1, 0.15) is 5.75 Å². The van der Waals surface area contributed by atoms with E-state index in [1.807, 2.05) is 24.3 Å². The van der Waals surface area contributed by atoms with Crippen molar-refractivity contribution in [2.24, 2.45) is 5.92 Å². The summed E-state index contributed by atoms with van der Waals surface area (Å²) in [6.07, 6.45) is 4.70. The van der Waals surface area contributed by atoms with Crippen molar-refractivity contribution in [2.75, 3.05) is 12.9 Å². The lowest BCUT2D eigenvalue weighted by atomic mass is 9.87. The van der Waals surface area contributed by atoms with Crippen molar-refractivity contribution in [3.63, 3.8) is 0 Å². The third kappa shape index (κ3) is 4.75. The van der Waals surface area contributed by atoms with E-state index < -0.39 is 0 Å². The van der Waals surface area contributed by atoms with Gasteiger partial charge in [0.15, 0.2) is 0 Å². The molecule has 1 aliphatic rings. The molecule has 0 spiro atoms. The van der Waals surface area contributed by atoms with Gasteiger partial charge < -0.3 is 10.1 Å². The molecule has 0 aromatic heterocycles. The van der Waals surface area contributed by atoms with E-state index in [2.05, 4.69) is 12.2 Å². The Morgan fingerprint density at radius 2 is 2.10 bits per heavy atom. The highest BCUT2D eigenvalue weighted by atomic mass is 32.2. The lowest BCUT2D eigenvalue weighted by Gasteiger charge is -2.26. The van der Waals surface area contributed by atoms with Crippen LogP contribution in [0, 0.1) is 5.92 Å². The fourth-order valence-corrected chi connectivity index (χ4v) is 3.27. The molecule has 1 aromatic rings. The normalized spacial score (nSPS) is 22.3. The number of hydrogen-bond donors (Lipinski definition) is 1. The summed E-state index contributed by atoms with van der Waals surface area (Å²) < 4.78 is 5.18. The molecule has 0 saturated heterocycles. The van der Waals surface area contributed by atoms with Crippen LogP contribution in [0.3, 0.4) is 0 Å². The maximum absolute atomic E-state index is 12.0. The Kier molecular flexibility index (Phi) is 5.77. The molecule has 3 nitrogen and oxygen atoms in total. The predicted molar refractivity (Wildman–Crippen MR) is 83.3 cm³/mol. The van der Waals surface area contributed by atoms with Crippen molar-refractivity contribution in [1.29, 1.82) is 0 Å². The van der Waals surface area contributed by atoms with Crippen molar-refractivity contribution >= 4 is 17.7 Å². The van der Waals surface area contributed by atoms with Crippen LogP contribution in [0.4, 0.5) is 0 Å². The van der Waals surface area contributed by atoms with Crippen molar-refractivity contribution in [3.05, 3.63) is 24.3 Å². The zero-order valence-electron chi connectivity index (χ0n) is 12.2. The first kappa shape index (κ1) is 15.2. The van der Waals surface area contributed by atoms with Gasteiger partial charge in [-0.1, -0.05) is 13.0 Å². The van der Waals surface area contributed by atoms with E-state index in [0.717, 1.165) is 29.4 Å². The molecule has 1 aromatic carbocycles. The molecule has 0 radical (unpaired) electrons. The number of ether oxygens (including phenoxy) is 1. The minimum absolute atomic E-state index is 0.136. The molecule has 0 aliphatic heterocycles. The Balaban J connectivity index is 1.74. The van der Waals surface area contributed by atoms with Gasteiger partial charge in [-0.15, -0.1) is 11.8 Å². The average Bonchev–Trinajstić information content (AvgIpc) is 2.48. The van der Waals surface area contributed by atoms with Crippen LogP contribution in [0.2, 0.25) is 0 Å². The van der Waals surface area contributed by atoms with Gasteiger partial charge in [0.25, 0.3) is 0 Å². The number of thioether (sulfide) groups is 1. The smallest absolute Gasteiger partial charge is 0.230 e. The second kappa shape index (κ2) is 7.58. The summed E-state index contributed by atoms with van der Waals surface area (Å²) in [5.74, 6) is 2.25. The molecule has 20 heavy (non-hydrogen) atoms. The highest BCUT2D eigenvalue weighted by molar-refractivity contribution is 8.00. The van der Waals surface area contributed by atoms with Crippen molar-refractivity contribution in [1.82, 2.24) is 5.32 Å². The molecule has 1 aliphatic carbocycles. The Labute approximate surface area is 125 Å². The van der Waals surface area contributed by atoms with Gasteiger partial charge in [-0.3, -0.25) is 4.79 Å². The number of amides is 1. The van der Waals surface area contributed by atoms with Crippen LogP contribution in [0.25, 0.3) is 0 Å². The summed E-state index contributed by atoms with van der Waals surface area (Å²) in [6.45, 7) is 2.29. The van der Waals surface area contributed by atoms with Crippen LogP contribution in [0.15, 0.2) is 29.2 Å². The first-order chi connectivity index (χ1) is 9.67. The van der Waals surface area contributed by atoms with Crippen molar-refractivity contribution in [2.45, 2.75) is 43.5 Å². The summed E-state index contributed by atoms with van der Waals surface area (Å²) in [4.78, 5) is 13.0. The van der Waals surface area contributed by atoms with Crippen LogP contribution in [0.5, 0.6) is 5.75 Å². The Bertz CT molecular complexity index is 442. The molecule has 1 saturated carbocycles. The topological polar surface area (TPSA) is 38.3 Å². The molecule has 4 heteroatoms. The van der Waals surface area contributed by atoms with E-state index in [1.54, 1.807) is 18.9 Å². The van der Waals surface area contributed by atoms with E-state index in [1.165, 1.54) is 12.8 Å². The van der Waals surface area contributed by atoms with Crippen LogP contribution in [-0.2, 0) is 4.79 Å². The number of methoxy groups -OCH3 is 1. The van der Waals surface area contributed by atoms with Gasteiger partial charge >= 0.3 is 0 Å².